The summed E-state index contributed by atoms with van der Waals surface area (Å²) in [5.74, 6) is 0.989. The lowest BCUT2D eigenvalue weighted by molar-refractivity contribution is -0.136. The standard InChI is InChI=1S/C21H23N3O4/c25-20(22-14-16-6-7-18-19(12-16)28-15-27-18)13-21(26)24-10-8-23(9-11-24)17-4-2-1-3-5-17/h1-7,12H,8-11,13-15H2,(H,22,25). The molecule has 1 saturated heterocycles. The first-order chi connectivity index (χ1) is 13.7. The molecule has 1 N–H and O–H groups in total. The van der Waals surface area contributed by atoms with Gasteiger partial charge in [0.15, 0.2) is 11.5 Å². The molecule has 0 spiro atoms. The van der Waals surface area contributed by atoms with Crippen LogP contribution in [0.1, 0.15) is 12.0 Å². The molecule has 0 atom stereocenters. The van der Waals surface area contributed by atoms with Crippen LogP contribution in [0.15, 0.2) is 48.5 Å². The van der Waals surface area contributed by atoms with E-state index < -0.39 is 0 Å². The Kier molecular flexibility index (Phi) is 5.32. The van der Waals surface area contributed by atoms with Crippen LogP contribution in [-0.4, -0.2) is 49.7 Å². The van der Waals surface area contributed by atoms with Crippen LogP contribution >= 0.6 is 0 Å². The van der Waals surface area contributed by atoms with Crippen molar-refractivity contribution in [1.82, 2.24) is 10.2 Å². The van der Waals surface area contributed by atoms with Crippen LogP contribution in [0.25, 0.3) is 0 Å². The smallest absolute Gasteiger partial charge is 0.232 e. The topological polar surface area (TPSA) is 71.1 Å². The van der Waals surface area contributed by atoms with E-state index in [0.717, 1.165) is 24.3 Å². The zero-order chi connectivity index (χ0) is 19.3. The fraction of sp³-hybridized carbons (Fsp3) is 0.333. The number of nitrogens with zero attached hydrogens (tertiary/aromatic N) is 2. The summed E-state index contributed by atoms with van der Waals surface area (Å²) in [4.78, 5) is 28.6. The van der Waals surface area contributed by atoms with Crippen molar-refractivity contribution in [1.29, 1.82) is 0 Å². The Morgan fingerprint density at radius 2 is 1.68 bits per heavy atom. The molecule has 0 aliphatic carbocycles. The highest BCUT2D eigenvalue weighted by molar-refractivity contribution is 5.97. The second-order valence-electron chi connectivity index (χ2n) is 6.84. The van der Waals surface area contributed by atoms with E-state index in [2.05, 4.69) is 22.3 Å². The first-order valence-corrected chi connectivity index (χ1v) is 9.42. The van der Waals surface area contributed by atoms with E-state index in [4.69, 9.17) is 9.47 Å². The number of anilines is 1. The van der Waals surface area contributed by atoms with Crippen molar-refractivity contribution in [3.8, 4) is 11.5 Å². The number of ether oxygens (including phenoxy) is 2. The van der Waals surface area contributed by atoms with Crippen molar-refractivity contribution in [2.45, 2.75) is 13.0 Å². The highest BCUT2D eigenvalue weighted by atomic mass is 16.7. The Morgan fingerprint density at radius 1 is 0.929 bits per heavy atom. The summed E-state index contributed by atoms with van der Waals surface area (Å²) in [7, 11) is 0. The predicted molar refractivity (Wildman–Crippen MR) is 104 cm³/mol. The number of hydrogen-bond donors (Lipinski definition) is 1. The van der Waals surface area contributed by atoms with Gasteiger partial charge in [0.05, 0.1) is 0 Å². The zero-order valence-electron chi connectivity index (χ0n) is 15.6. The first kappa shape index (κ1) is 18.2. The Hall–Kier alpha value is -3.22. The van der Waals surface area contributed by atoms with E-state index in [9.17, 15) is 9.59 Å². The van der Waals surface area contributed by atoms with E-state index in [-0.39, 0.29) is 25.0 Å². The van der Waals surface area contributed by atoms with Gasteiger partial charge in [-0.2, -0.15) is 0 Å². The van der Waals surface area contributed by atoms with Crippen LogP contribution < -0.4 is 19.7 Å². The summed E-state index contributed by atoms with van der Waals surface area (Å²) in [6.45, 7) is 3.37. The molecule has 7 heteroatoms. The van der Waals surface area contributed by atoms with Crippen molar-refractivity contribution in [3.63, 3.8) is 0 Å². The average Bonchev–Trinajstić information content (AvgIpc) is 3.21. The van der Waals surface area contributed by atoms with Gasteiger partial charge in [0.2, 0.25) is 18.6 Å². The summed E-state index contributed by atoms with van der Waals surface area (Å²) in [6.07, 6.45) is -0.129. The van der Waals surface area contributed by atoms with E-state index in [1.165, 1.54) is 0 Å². The van der Waals surface area contributed by atoms with E-state index in [1.807, 2.05) is 36.4 Å². The second-order valence-corrected chi connectivity index (χ2v) is 6.84. The molecule has 2 amide bonds. The third-order valence-corrected chi connectivity index (χ3v) is 4.99. The fourth-order valence-corrected chi connectivity index (χ4v) is 3.42. The summed E-state index contributed by atoms with van der Waals surface area (Å²) < 4.78 is 10.6. The third kappa shape index (κ3) is 4.19. The molecule has 0 unspecified atom stereocenters. The molecule has 28 heavy (non-hydrogen) atoms. The predicted octanol–water partition coefficient (Wildman–Crippen LogP) is 1.77. The van der Waals surface area contributed by atoms with Crippen LogP contribution in [0.2, 0.25) is 0 Å². The van der Waals surface area contributed by atoms with Gasteiger partial charge in [0, 0.05) is 38.4 Å². The summed E-state index contributed by atoms with van der Waals surface area (Å²) in [5, 5.41) is 2.80. The van der Waals surface area contributed by atoms with Crippen LogP contribution in [0.5, 0.6) is 11.5 Å². The molecule has 2 aliphatic heterocycles. The Bertz CT molecular complexity index is 848. The number of para-hydroxylation sites is 1. The van der Waals surface area contributed by atoms with E-state index >= 15 is 0 Å². The number of nitrogens with one attached hydrogen (secondary N) is 1. The fourth-order valence-electron chi connectivity index (χ4n) is 3.42. The van der Waals surface area contributed by atoms with Crippen LogP contribution in [0, 0.1) is 0 Å². The lowest BCUT2D eigenvalue weighted by atomic mass is 10.2. The molecule has 2 heterocycles. The highest BCUT2D eigenvalue weighted by Crippen LogP contribution is 2.32. The Balaban J connectivity index is 1.22. The SMILES string of the molecule is O=C(CC(=O)N1CCN(c2ccccc2)CC1)NCc1ccc2c(c1)OCO2. The molecule has 4 rings (SSSR count). The highest BCUT2D eigenvalue weighted by Gasteiger charge is 2.23. The number of benzene rings is 2. The number of fused-ring (bicyclic) bond motifs is 1. The number of piperazine rings is 1. The van der Waals surface area contributed by atoms with Gasteiger partial charge in [0.1, 0.15) is 6.42 Å². The van der Waals surface area contributed by atoms with Gasteiger partial charge in [-0.3, -0.25) is 9.59 Å². The van der Waals surface area contributed by atoms with Gasteiger partial charge in [-0.05, 0) is 29.8 Å². The van der Waals surface area contributed by atoms with E-state index in [1.54, 1.807) is 4.90 Å². The van der Waals surface area contributed by atoms with Gasteiger partial charge in [0.25, 0.3) is 0 Å². The van der Waals surface area contributed by atoms with Gasteiger partial charge in [-0.25, -0.2) is 0 Å². The summed E-state index contributed by atoms with van der Waals surface area (Å²) in [6, 6.07) is 15.7. The molecule has 0 bridgehead atoms. The number of carbonyl (C=O) groups excluding carboxylic acids is 2. The molecule has 1 fully saturated rings. The van der Waals surface area contributed by atoms with Gasteiger partial charge >= 0.3 is 0 Å². The zero-order valence-corrected chi connectivity index (χ0v) is 15.6. The maximum absolute atomic E-state index is 12.4. The van der Waals surface area contributed by atoms with Crippen LogP contribution in [0.4, 0.5) is 5.69 Å². The monoisotopic (exact) mass is 381 g/mol. The average molecular weight is 381 g/mol. The molecular formula is C21H23N3O4. The van der Waals surface area contributed by atoms with Crippen molar-refractivity contribution >= 4 is 17.5 Å². The molecular weight excluding hydrogens is 358 g/mol. The third-order valence-electron chi connectivity index (χ3n) is 4.99. The van der Waals surface area contributed by atoms with Gasteiger partial charge < -0.3 is 24.6 Å². The van der Waals surface area contributed by atoms with Crippen LogP contribution in [0.3, 0.4) is 0 Å². The quantitative estimate of drug-likeness (QED) is 0.800. The molecule has 7 nitrogen and oxygen atoms in total. The molecule has 0 saturated carbocycles. The minimum atomic E-state index is -0.270. The van der Waals surface area contributed by atoms with Crippen molar-refractivity contribution in [2.75, 3.05) is 37.9 Å². The first-order valence-electron chi connectivity index (χ1n) is 9.42. The van der Waals surface area contributed by atoms with Crippen LogP contribution in [-0.2, 0) is 16.1 Å². The lowest BCUT2D eigenvalue weighted by Gasteiger charge is -2.36. The Morgan fingerprint density at radius 3 is 2.46 bits per heavy atom. The number of carbonyl (C=O) groups is 2. The van der Waals surface area contributed by atoms with Gasteiger partial charge in [-0.1, -0.05) is 24.3 Å². The lowest BCUT2D eigenvalue weighted by Crippen LogP contribution is -2.49. The number of rotatable bonds is 5. The maximum Gasteiger partial charge on any atom is 0.232 e. The molecule has 0 aromatic heterocycles. The van der Waals surface area contributed by atoms with Crippen molar-refractivity contribution in [2.24, 2.45) is 0 Å². The minimum absolute atomic E-state index is 0.129. The normalized spacial score (nSPS) is 15.4. The minimum Gasteiger partial charge on any atom is -0.454 e. The van der Waals surface area contributed by atoms with Crippen molar-refractivity contribution in [3.05, 3.63) is 54.1 Å². The van der Waals surface area contributed by atoms with E-state index in [0.29, 0.717) is 31.1 Å². The van der Waals surface area contributed by atoms with Gasteiger partial charge in [-0.15, -0.1) is 0 Å². The largest absolute Gasteiger partial charge is 0.454 e. The Labute approximate surface area is 163 Å². The molecule has 2 aromatic carbocycles. The molecule has 146 valence electrons. The molecule has 0 radical (unpaired) electrons. The maximum atomic E-state index is 12.4. The molecule has 2 aromatic rings. The number of amides is 2. The summed E-state index contributed by atoms with van der Waals surface area (Å²) in [5.41, 5.74) is 2.07. The molecule has 2 aliphatic rings. The number of hydrogen-bond acceptors (Lipinski definition) is 5. The second kappa shape index (κ2) is 8.21. The van der Waals surface area contributed by atoms with Crippen molar-refractivity contribution < 1.29 is 19.1 Å². The summed E-state index contributed by atoms with van der Waals surface area (Å²) >= 11 is 0.